The Morgan fingerprint density at radius 3 is 2.39 bits per heavy atom. The van der Waals surface area contributed by atoms with Gasteiger partial charge in [-0.05, 0) is 6.92 Å². The maximum Gasteiger partial charge on any atom is 0.372 e. The molecule has 2 rings (SSSR count). The number of carboxylic acids is 1. The molecule has 0 spiro atoms. The fraction of sp³-hybridized carbons (Fsp3) is 0.400. The molecule has 8 heteroatoms. The van der Waals surface area contributed by atoms with Gasteiger partial charge in [0.2, 0.25) is 5.82 Å². The molecular formula is C10H12N4O4. The van der Waals surface area contributed by atoms with Gasteiger partial charge >= 0.3 is 11.7 Å². The Bertz CT molecular complexity index is 765. The van der Waals surface area contributed by atoms with Crippen LogP contribution in [0, 0.1) is 0 Å². The zero-order valence-electron chi connectivity index (χ0n) is 10.2. The molecule has 0 amide bonds. The first-order valence-electron chi connectivity index (χ1n) is 5.29. The van der Waals surface area contributed by atoms with Crippen LogP contribution in [0.3, 0.4) is 0 Å². The molecular weight excluding hydrogens is 240 g/mol. The lowest BCUT2D eigenvalue weighted by Crippen LogP contribution is -2.39. The van der Waals surface area contributed by atoms with Crippen molar-refractivity contribution in [2.24, 2.45) is 14.1 Å². The Morgan fingerprint density at radius 2 is 1.89 bits per heavy atom. The summed E-state index contributed by atoms with van der Waals surface area (Å²) >= 11 is 0. The summed E-state index contributed by atoms with van der Waals surface area (Å²) in [6, 6.07) is 0. The Kier molecular flexibility index (Phi) is 2.57. The predicted octanol–water partition coefficient (Wildman–Crippen LogP) is -0.848. The molecule has 1 N–H and O–H groups in total. The molecule has 2 heterocycles. The van der Waals surface area contributed by atoms with Gasteiger partial charge < -0.3 is 9.67 Å². The third kappa shape index (κ3) is 1.38. The van der Waals surface area contributed by atoms with E-state index in [4.69, 9.17) is 5.11 Å². The molecule has 0 bridgehead atoms. The van der Waals surface area contributed by atoms with Crippen LogP contribution in [0.25, 0.3) is 11.2 Å². The molecule has 0 aliphatic heterocycles. The van der Waals surface area contributed by atoms with Gasteiger partial charge in [-0.25, -0.2) is 14.6 Å². The summed E-state index contributed by atoms with van der Waals surface area (Å²) in [6.45, 7) is 1.89. The van der Waals surface area contributed by atoms with Crippen molar-refractivity contribution in [2.45, 2.75) is 13.5 Å². The van der Waals surface area contributed by atoms with Gasteiger partial charge in [0.1, 0.15) is 0 Å². The summed E-state index contributed by atoms with van der Waals surface area (Å²) in [4.78, 5) is 38.7. The van der Waals surface area contributed by atoms with Crippen molar-refractivity contribution in [2.75, 3.05) is 0 Å². The summed E-state index contributed by atoms with van der Waals surface area (Å²) in [6.07, 6.45) is 0. The highest BCUT2D eigenvalue weighted by Crippen LogP contribution is 2.08. The highest BCUT2D eigenvalue weighted by Gasteiger charge is 2.20. The van der Waals surface area contributed by atoms with E-state index in [0.717, 1.165) is 4.57 Å². The minimum atomic E-state index is -1.25. The number of aryl methyl sites for hydroxylation is 2. The first kappa shape index (κ1) is 12.1. The van der Waals surface area contributed by atoms with E-state index in [1.54, 1.807) is 6.92 Å². The molecule has 0 radical (unpaired) electrons. The normalized spacial score (nSPS) is 11.1. The third-order valence-electron chi connectivity index (χ3n) is 2.87. The Hall–Kier alpha value is -2.38. The minimum absolute atomic E-state index is 0.0783. The zero-order valence-corrected chi connectivity index (χ0v) is 10.2. The monoisotopic (exact) mass is 252 g/mol. The maximum atomic E-state index is 12.1. The SMILES string of the molecule is CCn1c(=O)c2c(nc(C(=O)O)n2C)n(C)c1=O. The summed E-state index contributed by atoms with van der Waals surface area (Å²) < 4.78 is 3.40. The lowest BCUT2D eigenvalue weighted by molar-refractivity contribution is 0.0680. The summed E-state index contributed by atoms with van der Waals surface area (Å²) in [5, 5.41) is 8.96. The summed E-state index contributed by atoms with van der Waals surface area (Å²) in [7, 11) is 2.89. The van der Waals surface area contributed by atoms with Crippen molar-refractivity contribution in [1.82, 2.24) is 18.7 Å². The minimum Gasteiger partial charge on any atom is -0.475 e. The molecule has 96 valence electrons. The largest absolute Gasteiger partial charge is 0.475 e. The van der Waals surface area contributed by atoms with Gasteiger partial charge in [-0.1, -0.05) is 0 Å². The van der Waals surface area contributed by atoms with Crippen LogP contribution in [0.15, 0.2) is 9.59 Å². The molecule has 0 unspecified atom stereocenters. The number of aromatic nitrogens is 4. The molecule has 18 heavy (non-hydrogen) atoms. The predicted molar refractivity (Wildman–Crippen MR) is 62.8 cm³/mol. The van der Waals surface area contributed by atoms with Gasteiger partial charge in [-0.2, -0.15) is 0 Å². The van der Waals surface area contributed by atoms with Crippen molar-refractivity contribution in [3.05, 3.63) is 26.7 Å². The van der Waals surface area contributed by atoms with E-state index in [9.17, 15) is 14.4 Å². The number of hydrogen-bond donors (Lipinski definition) is 1. The molecule has 0 saturated carbocycles. The average Bonchev–Trinajstić information content (AvgIpc) is 2.65. The molecule has 2 aromatic heterocycles. The molecule has 0 saturated heterocycles. The van der Waals surface area contributed by atoms with Crippen LogP contribution in [0.2, 0.25) is 0 Å². The molecule has 0 aromatic carbocycles. The Balaban J connectivity index is 3.10. The molecule has 0 aliphatic rings. The number of imidazole rings is 1. The van der Waals surface area contributed by atoms with Crippen molar-refractivity contribution < 1.29 is 9.90 Å². The van der Waals surface area contributed by atoms with E-state index in [2.05, 4.69) is 4.98 Å². The second-order valence-electron chi connectivity index (χ2n) is 3.86. The Labute approximate surface area is 101 Å². The van der Waals surface area contributed by atoms with Crippen LogP contribution in [-0.2, 0) is 20.6 Å². The summed E-state index contributed by atoms with van der Waals surface area (Å²) in [5.41, 5.74) is -0.853. The second kappa shape index (κ2) is 3.83. The number of carbonyl (C=O) groups is 1. The van der Waals surface area contributed by atoms with Crippen molar-refractivity contribution in [1.29, 1.82) is 0 Å². The molecule has 8 nitrogen and oxygen atoms in total. The van der Waals surface area contributed by atoms with Gasteiger partial charge in [-0.15, -0.1) is 0 Å². The fourth-order valence-electron chi connectivity index (χ4n) is 1.91. The van der Waals surface area contributed by atoms with Gasteiger partial charge in [0, 0.05) is 20.6 Å². The van der Waals surface area contributed by atoms with Gasteiger partial charge in [0.25, 0.3) is 5.56 Å². The Morgan fingerprint density at radius 1 is 1.28 bits per heavy atom. The third-order valence-corrected chi connectivity index (χ3v) is 2.87. The van der Waals surface area contributed by atoms with Crippen LogP contribution in [-0.4, -0.2) is 29.8 Å². The van der Waals surface area contributed by atoms with Gasteiger partial charge in [-0.3, -0.25) is 13.9 Å². The van der Waals surface area contributed by atoms with E-state index in [0.29, 0.717) is 0 Å². The first-order chi connectivity index (χ1) is 8.40. The summed E-state index contributed by atoms with van der Waals surface area (Å²) in [5.74, 6) is -1.52. The van der Waals surface area contributed by atoms with Crippen molar-refractivity contribution >= 4 is 17.1 Å². The van der Waals surface area contributed by atoms with Crippen LogP contribution >= 0.6 is 0 Å². The van der Waals surface area contributed by atoms with Crippen LogP contribution in [0.4, 0.5) is 0 Å². The zero-order chi connectivity index (χ0) is 13.6. The van der Waals surface area contributed by atoms with E-state index in [1.165, 1.54) is 23.2 Å². The number of rotatable bonds is 2. The number of nitrogens with zero attached hydrogens (tertiary/aromatic N) is 4. The molecule has 0 aliphatic carbocycles. The van der Waals surface area contributed by atoms with Crippen LogP contribution < -0.4 is 11.2 Å². The maximum absolute atomic E-state index is 12.1. The number of carboxylic acid groups (broad SMARTS) is 1. The van der Waals surface area contributed by atoms with E-state index >= 15 is 0 Å². The van der Waals surface area contributed by atoms with E-state index in [1.807, 2.05) is 0 Å². The highest BCUT2D eigenvalue weighted by molar-refractivity contribution is 5.88. The fourth-order valence-corrected chi connectivity index (χ4v) is 1.91. The van der Waals surface area contributed by atoms with Crippen LogP contribution in [0.1, 0.15) is 17.5 Å². The van der Waals surface area contributed by atoms with Crippen molar-refractivity contribution in [3.8, 4) is 0 Å². The van der Waals surface area contributed by atoms with E-state index < -0.39 is 17.2 Å². The smallest absolute Gasteiger partial charge is 0.372 e. The van der Waals surface area contributed by atoms with E-state index in [-0.39, 0.29) is 23.5 Å². The standard InChI is InChI=1S/C10H12N4O4/c1-4-14-8(15)5-6(13(3)10(14)18)11-7(9(16)17)12(5)2/h4H2,1-3H3,(H,16,17). The van der Waals surface area contributed by atoms with Gasteiger partial charge in [0.15, 0.2) is 11.2 Å². The van der Waals surface area contributed by atoms with Gasteiger partial charge in [0.05, 0.1) is 0 Å². The van der Waals surface area contributed by atoms with Crippen LogP contribution in [0.5, 0.6) is 0 Å². The number of aromatic carboxylic acids is 1. The topological polar surface area (TPSA) is 99.1 Å². The molecule has 0 fully saturated rings. The quantitative estimate of drug-likeness (QED) is 0.750. The lowest BCUT2D eigenvalue weighted by Gasteiger charge is -2.05. The average molecular weight is 252 g/mol. The first-order valence-corrected chi connectivity index (χ1v) is 5.29. The highest BCUT2D eigenvalue weighted by atomic mass is 16.4. The number of fused-ring (bicyclic) bond motifs is 1. The molecule has 2 aromatic rings. The molecule has 0 atom stereocenters. The lowest BCUT2D eigenvalue weighted by atomic mass is 10.5. The van der Waals surface area contributed by atoms with Crippen molar-refractivity contribution in [3.63, 3.8) is 0 Å². The second-order valence-corrected chi connectivity index (χ2v) is 3.86. The number of hydrogen-bond acceptors (Lipinski definition) is 4.